The second kappa shape index (κ2) is 12.6. The van der Waals surface area contributed by atoms with E-state index in [1.165, 1.54) is 16.2 Å². The van der Waals surface area contributed by atoms with E-state index in [9.17, 15) is 4.89 Å². The summed E-state index contributed by atoms with van der Waals surface area (Å²) in [4.78, 5) is 13.1. The summed E-state index contributed by atoms with van der Waals surface area (Å²) in [6.45, 7) is 8.47. The fourth-order valence-electron chi connectivity index (χ4n) is 3.56. The molecule has 0 radical (unpaired) electrons. The summed E-state index contributed by atoms with van der Waals surface area (Å²) in [5.74, 6) is 0. The molecular formula is C28H31FeOP2+. The van der Waals surface area contributed by atoms with Crippen molar-refractivity contribution in [3.05, 3.63) is 115 Å². The van der Waals surface area contributed by atoms with E-state index in [-0.39, 0.29) is 22.2 Å². The fourth-order valence-corrected chi connectivity index (χ4v) is 7.79. The minimum absolute atomic E-state index is 0. The predicted octanol–water partition coefficient (Wildman–Crippen LogP) is 6.14. The van der Waals surface area contributed by atoms with Gasteiger partial charge in [-0.1, -0.05) is 79.7 Å². The van der Waals surface area contributed by atoms with Crippen molar-refractivity contribution in [2.75, 3.05) is 0 Å². The first-order chi connectivity index (χ1) is 14.9. The van der Waals surface area contributed by atoms with Gasteiger partial charge in [0.2, 0.25) is 0 Å². The molecular weight excluding hydrogens is 470 g/mol. The maximum absolute atomic E-state index is 13.1. The van der Waals surface area contributed by atoms with Gasteiger partial charge < -0.3 is 4.89 Å². The second-order valence-corrected chi connectivity index (χ2v) is 13.5. The number of hydrogen-bond donors (Lipinski definition) is 0. The number of rotatable bonds is 4. The van der Waals surface area contributed by atoms with E-state index < -0.39 is 15.7 Å². The van der Waals surface area contributed by atoms with Crippen LogP contribution in [-0.4, -0.2) is 16.1 Å². The molecule has 1 aliphatic rings. The van der Waals surface area contributed by atoms with E-state index >= 15 is 0 Å². The molecule has 3 aromatic rings. The smallest absolute Gasteiger partial charge is 0.630 e. The van der Waals surface area contributed by atoms with Crippen molar-refractivity contribution in [1.82, 2.24) is 0 Å². The molecule has 0 aromatic heterocycles. The Balaban J connectivity index is 0.000000534. The molecule has 1 aliphatic carbocycles. The Morgan fingerprint density at radius 2 is 1.34 bits per heavy atom. The molecule has 4 heteroatoms. The summed E-state index contributed by atoms with van der Waals surface area (Å²) < 4.78 is 0. The van der Waals surface area contributed by atoms with Crippen LogP contribution in [0.3, 0.4) is 0 Å². The second-order valence-electron chi connectivity index (χ2n) is 8.51. The first-order valence-corrected chi connectivity index (χ1v) is 13.4. The van der Waals surface area contributed by atoms with Crippen molar-refractivity contribution < 1.29 is 22.0 Å². The van der Waals surface area contributed by atoms with Gasteiger partial charge in [0.25, 0.3) is 0 Å². The van der Waals surface area contributed by atoms with Gasteiger partial charge in [0, 0.05) is 11.2 Å². The number of hydrogen-bond acceptors (Lipinski definition) is 1. The van der Waals surface area contributed by atoms with Gasteiger partial charge >= 0.3 is 17.1 Å². The Hall–Kier alpha value is -1.65. The topological polar surface area (TPSA) is 23.1 Å². The Bertz CT molecular complexity index is 973. The van der Waals surface area contributed by atoms with Gasteiger partial charge in [0.05, 0.1) is 7.77 Å². The van der Waals surface area contributed by atoms with E-state index in [2.05, 4.69) is 107 Å². The van der Waals surface area contributed by atoms with Crippen molar-refractivity contribution in [2.24, 2.45) is 0 Å². The minimum atomic E-state index is -1.44. The Morgan fingerprint density at radius 1 is 0.844 bits per heavy atom. The van der Waals surface area contributed by atoms with Crippen LogP contribution in [-0.2, 0) is 17.1 Å². The third-order valence-electron chi connectivity index (χ3n) is 5.12. The van der Waals surface area contributed by atoms with Gasteiger partial charge in [0.15, 0.2) is 0 Å². The molecule has 3 aromatic carbocycles. The van der Waals surface area contributed by atoms with Gasteiger partial charge in [-0.3, -0.25) is 0 Å². The van der Waals surface area contributed by atoms with Crippen LogP contribution in [0.2, 0.25) is 0 Å². The van der Waals surface area contributed by atoms with Gasteiger partial charge in [0.1, 0.15) is 10.4 Å². The molecule has 0 N–H and O–H groups in total. The summed E-state index contributed by atoms with van der Waals surface area (Å²) in [6.07, 6.45) is 6.28. The Kier molecular flexibility index (Phi) is 10.4. The third-order valence-corrected chi connectivity index (χ3v) is 9.94. The third kappa shape index (κ3) is 6.92. The maximum atomic E-state index is 13.1. The van der Waals surface area contributed by atoms with Crippen LogP contribution in [0.15, 0.2) is 115 Å². The van der Waals surface area contributed by atoms with Gasteiger partial charge in [-0.25, -0.2) is 12.1 Å². The molecule has 4 rings (SSSR count). The zero-order valence-electron chi connectivity index (χ0n) is 19.1. The van der Waals surface area contributed by atoms with Crippen LogP contribution in [0.25, 0.3) is 0 Å². The summed E-state index contributed by atoms with van der Waals surface area (Å²) >= 11 is 0. The van der Waals surface area contributed by atoms with E-state index in [4.69, 9.17) is 0 Å². The average molecular weight is 501 g/mol. The van der Waals surface area contributed by atoms with E-state index in [0.717, 1.165) is 5.29 Å². The molecule has 0 fully saturated rings. The molecule has 0 bridgehead atoms. The van der Waals surface area contributed by atoms with Gasteiger partial charge in [-0.2, -0.15) is 18.2 Å². The number of allylic oxidation sites excluding steroid dienone is 4. The van der Waals surface area contributed by atoms with E-state index in [1.54, 1.807) is 0 Å². The van der Waals surface area contributed by atoms with Crippen molar-refractivity contribution >= 4 is 31.6 Å². The summed E-state index contributed by atoms with van der Waals surface area (Å²) in [5, 5.41) is 3.53. The predicted molar refractivity (Wildman–Crippen MR) is 139 cm³/mol. The van der Waals surface area contributed by atoms with Gasteiger partial charge in [-0.05, 0) is 45.4 Å². The van der Waals surface area contributed by atoms with E-state index in [1.807, 2.05) is 30.3 Å². The molecule has 0 aliphatic heterocycles. The van der Waals surface area contributed by atoms with Crippen LogP contribution in [0.5, 0.6) is 0 Å². The SMILES string of the molecule is C[C@H](C1=CC=C/C1=[P+](/[O-])C(C)(C)C)P(c1ccccc1)c1ccccc1.[Fe+2].c1cc[cH-]c1. The molecule has 2 atom stereocenters. The molecule has 1 nitrogen and oxygen atoms in total. The van der Waals surface area contributed by atoms with Crippen molar-refractivity contribution in [2.45, 2.75) is 38.5 Å². The molecule has 0 saturated carbocycles. The van der Waals surface area contributed by atoms with Crippen LogP contribution in [0.1, 0.15) is 27.7 Å². The largest absolute Gasteiger partial charge is 2.00 e. The fraction of sp³-hybridized carbons (Fsp3) is 0.214. The quantitative estimate of drug-likeness (QED) is 0.240. The number of benzene rings is 2. The van der Waals surface area contributed by atoms with Crippen LogP contribution in [0.4, 0.5) is 0 Å². The average Bonchev–Trinajstić information content (AvgIpc) is 3.49. The maximum Gasteiger partial charge on any atom is 2.00 e. The molecule has 0 amide bonds. The van der Waals surface area contributed by atoms with Gasteiger partial charge in [-0.15, -0.1) is 0 Å². The minimum Gasteiger partial charge on any atom is -0.630 e. The summed E-state index contributed by atoms with van der Waals surface area (Å²) in [5.41, 5.74) is 1.54. The van der Waals surface area contributed by atoms with Crippen LogP contribution in [0, 0.1) is 0 Å². The molecule has 32 heavy (non-hydrogen) atoms. The molecule has 0 spiro atoms. The standard InChI is InChI=1S/C23H26OP2.C5H5.Fe/c1-18(21-16-11-17-22(21)26(24)23(2,3)4)25(19-12-7-5-8-13-19)20-14-9-6-10-15-20;1-2-4-5-3-1;/h5-18H,1-4H3;1-5H;/q;-1;+2/t18-;;/m1../s1. The van der Waals surface area contributed by atoms with Crippen molar-refractivity contribution in [1.29, 1.82) is 0 Å². The Labute approximate surface area is 206 Å². The summed E-state index contributed by atoms with van der Waals surface area (Å²) in [6, 6.07) is 31.5. The van der Waals surface area contributed by atoms with Crippen LogP contribution >= 0.6 is 15.7 Å². The van der Waals surface area contributed by atoms with E-state index in [0.29, 0.717) is 5.66 Å². The first-order valence-electron chi connectivity index (χ1n) is 10.7. The van der Waals surface area contributed by atoms with Crippen LogP contribution < -0.4 is 15.5 Å². The Morgan fingerprint density at radius 3 is 1.75 bits per heavy atom. The summed E-state index contributed by atoms with van der Waals surface area (Å²) in [7, 11) is -2.00. The first kappa shape index (κ1) is 26.6. The monoisotopic (exact) mass is 501 g/mol. The van der Waals surface area contributed by atoms with Crippen molar-refractivity contribution in [3.63, 3.8) is 0 Å². The molecule has 0 saturated heterocycles. The zero-order valence-corrected chi connectivity index (χ0v) is 22.0. The molecule has 166 valence electrons. The molecule has 0 heterocycles. The zero-order chi connectivity index (χ0) is 22.3. The van der Waals surface area contributed by atoms with Crippen molar-refractivity contribution in [3.8, 4) is 0 Å². The normalized spacial score (nSPS) is 15.4. The molecule has 1 unspecified atom stereocenters.